The number of aromatic nitrogens is 1. The molecule has 0 saturated heterocycles. The lowest BCUT2D eigenvalue weighted by Gasteiger charge is -2.14. The average molecular weight is 303 g/mol. The van der Waals surface area contributed by atoms with Crippen molar-refractivity contribution in [2.24, 2.45) is 0 Å². The molecule has 1 unspecified atom stereocenters. The molecular formula is C10H13N3O4S2. The van der Waals surface area contributed by atoms with Crippen LogP contribution < -0.4 is 5.48 Å². The third-order valence-corrected chi connectivity index (χ3v) is 2.80. The normalized spacial score (nSPS) is 11.5. The molecule has 0 saturated carbocycles. The van der Waals surface area contributed by atoms with Gasteiger partial charge in [0.25, 0.3) is 11.3 Å². The predicted octanol–water partition coefficient (Wildman–Crippen LogP) is 1.10. The van der Waals surface area contributed by atoms with Crippen LogP contribution in [-0.4, -0.2) is 31.6 Å². The number of hydrogen-bond donors (Lipinski definition) is 1. The average Bonchev–Trinajstić information content (AvgIpc) is 2.42. The number of nitrogens with zero attached hydrogens (tertiary/aromatic N) is 2. The zero-order chi connectivity index (χ0) is 14.3. The Kier molecular flexibility index (Phi) is 6.33. The van der Waals surface area contributed by atoms with E-state index in [1.165, 1.54) is 14.0 Å². The Morgan fingerprint density at radius 3 is 2.89 bits per heavy atom. The van der Waals surface area contributed by atoms with Crippen LogP contribution in [0.25, 0.3) is 0 Å². The number of hydrogen-bond acceptors (Lipinski definition) is 6. The molecule has 0 aliphatic carbocycles. The molecule has 9 heteroatoms. The Labute approximate surface area is 118 Å². The second kappa shape index (κ2) is 7.77. The molecule has 0 aromatic carbocycles. The van der Waals surface area contributed by atoms with Gasteiger partial charge in [0.15, 0.2) is 0 Å². The van der Waals surface area contributed by atoms with Crippen molar-refractivity contribution in [3.8, 4) is 0 Å². The molecule has 0 radical (unpaired) electrons. The summed E-state index contributed by atoms with van der Waals surface area (Å²) in [6.45, 7) is 1.56. The maximum atomic E-state index is 11.6. The van der Waals surface area contributed by atoms with Crippen LogP contribution in [0.4, 0.5) is 4.79 Å². The van der Waals surface area contributed by atoms with Crippen LogP contribution in [0.5, 0.6) is 0 Å². The molecule has 1 atom stereocenters. The van der Waals surface area contributed by atoms with E-state index in [4.69, 9.17) is 4.18 Å². The maximum Gasteiger partial charge on any atom is 0.447 e. The molecule has 0 aliphatic rings. The summed E-state index contributed by atoms with van der Waals surface area (Å²) in [5.41, 5.74) is 2.80. The van der Waals surface area contributed by atoms with Crippen molar-refractivity contribution >= 4 is 34.6 Å². The van der Waals surface area contributed by atoms with Crippen LogP contribution in [0.2, 0.25) is 0 Å². The highest BCUT2D eigenvalue weighted by Crippen LogP contribution is 2.02. The first-order chi connectivity index (χ1) is 9.00. The van der Waals surface area contributed by atoms with E-state index in [0.717, 1.165) is 4.31 Å². The number of amides is 1. The van der Waals surface area contributed by atoms with Crippen molar-refractivity contribution in [3.05, 3.63) is 30.1 Å². The van der Waals surface area contributed by atoms with Crippen molar-refractivity contribution in [2.75, 3.05) is 7.05 Å². The van der Waals surface area contributed by atoms with Gasteiger partial charge in [0.05, 0.1) is 5.69 Å². The number of pyridine rings is 1. The van der Waals surface area contributed by atoms with Crippen LogP contribution >= 0.6 is 12.2 Å². The summed E-state index contributed by atoms with van der Waals surface area (Å²) in [4.78, 5) is 20.2. The smallest absolute Gasteiger partial charge is 0.323 e. The van der Waals surface area contributed by atoms with Gasteiger partial charge in [-0.05, 0) is 19.1 Å². The van der Waals surface area contributed by atoms with Gasteiger partial charge < -0.3 is 4.84 Å². The molecule has 1 amide bonds. The monoisotopic (exact) mass is 303 g/mol. The number of hydroxylamine groups is 1. The maximum absolute atomic E-state index is 11.6. The van der Waals surface area contributed by atoms with E-state index in [1.807, 2.05) is 0 Å². The minimum absolute atomic E-state index is 0.0185. The summed E-state index contributed by atoms with van der Waals surface area (Å²) in [6.07, 6.45) is 0.717. The molecule has 1 heterocycles. The number of carbonyl (C=O) groups excluding carboxylic acids is 1. The third-order valence-electron chi connectivity index (χ3n) is 1.80. The topological polar surface area (TPSA) is 80.8 Å². The standard InChI is InChI=1S/C10H13N3O4S2/c1-8(18)12-17-10(14)13(2)19(15)16-7-9-5-3-4-6-11-9/h3-6H,7H2,1-2H3,(H,12,18). The molecule has 19 heavy (non-hydrogen) atoms. The van der Waals surface area contributed by atoms with Crippen LogP contribution in [-0.2, 0) is 26.9 Å². The fraction of sp³-hybridized carbons (Fsp3) is 0.300. The van der Waals surface area contributed by atoms with Gasteiger partial charge >= 0.3 is 6.09 Å². The molecule has 1 N–H and O–H groups in total. The van der Waals surface area contributed by atoms with Crippen molar-refractivity contribution in [1.82, 2.24) is 14.8 Å². The van der Waals surface area contributed by atoms with E-state index < -0.39 is 17.4 Å². The summed E-state index contributed by atoms with van der Waals surface area (Å²) in [6, 6.07) is 5.24. The van der Waals surface area contributed by atoms with E-state index >= 15 is 0 Å². The van der Waals surface area contributed by atoms with Crippen LogP contribution in [0.1, 0.15) is 12.6 Å². The van der Waals surface area contributed by atoms with Crippen LogP contribution in [0.15, 0.2) is 24.4 Å². The second-order valence-electron chi connectivity index (χ2n) is 3.32. The van der Waals surface area contributed by atoms with Gasteiger partial charge in [-0.3, -0.25) is 9.17 Å². The Hall–Kier alpha value is -1.58. The molecule has 1 aromatic heterocycles. The van der Waals surface area contributed by atoms with Crippen molar-refractivity contribution in [1.29, 1.82) is 0 Å². The molecule has 0 spiro atoms. The molecule has 1 rings (SSSR count). The van der Waals surface area contributed by atoms with Crippen molar-refractivity contribution in [3.63, 3.8) is 0 Å². The van der Waals surface area contributed by atoms with Crippen molar-refractivity contribution < 1.29 is 18.0 Å². The molecule has 7 nitrogen and oxygen atoms in total. The predicted molar refractivity (Wildman–Crippen MR) is 72.8 cm³/mol. The summed E-state index contributed by atoms with van der Waals surface area (Å²) in [7, 11) is 1.28. The van der Waals surface area contributed by atoms with E-state index in [9.17, 15) is 9.00 Å². The molecule has 104 valence electrons. The number of carbonyl (C=O) groups is 1. The minimum Gasteiger partial charge on any atom is -0.323 e. The van der Waals surface area contributed by atoms with Gasteiger partial charge in [-0.1, -0.05) is 18.3 Å². The highest BCUT2D eigenvalue weighted by atomic mass is 32.2. The first kappa shape index (κ1) is 15.5. The number of thiocarbonyl (C=S) groups is 1. The zero-order valence-electron chi connectivity index (χ0n) is 10.4. The SMILES string of the molecule is CC(=S)NOC(=O)N(C)S(=O)OCc1ccccn1. The van der Waals surface area contributed by atoms with Gasteiger partial charge in [0, 0.05) is 13.2 Å². The lowest BCUT2D eigenvalue weighted by atomic mass is 10.4. The van der Waals surface area contributed by atoms with Gasteiger partial charge in [0.2, 0.25) is 0 Å². The third kappa shape index (κ3) is 5.73. The molecule has 0 fully saturated rings. The molecule has 0 aliphatic heterocycles. The molecular weight excluding hydrogens is 290 g/mol. The Bertz CT molecular complexity index is 469. The minimum atomic E-state index is -1.97. The zero-order valence-corrected chi connectivity index (χ0v) is 12.0. The fourth-order valence-corrected chi connectivity index (χ4v) is 1.49. The van der Waals surface area contributed by atoms with Gasteiger partial charge in [-0.2, -0.15) is 0 Å². The second-order valence-corrected chi connectivity index (χ2v) is 5.15. The highest BCUT2D eigenvalue weighted by molar-refractivity contribution is 7.80. The van der Waals surface area contributed by atoms with Crippen LogP contribution in [0.3, 0.4) is 0 Å². The van der Waals surface area contributed by atoms with Gasteiger partial charge in [0.1, 0.15) is 11.6 Å². The lowest BCUT2D eigenvalue weighted by Crippen LogP contribution is -2.35. The Morgan fingerprint density at radius 1 is 1.58 bits per heavy atom. The fourth-order valence-electron chi connectivity index (χ4n) is 0.914. The first-order valence-electron chi connectivity index (χ1n) is 5.17. The number of nitrogens with one attached hydrogen (secondary N) is 1. The number of rotatable bonds is 4. The van der Waals surface area contributed by atoms with Crippen molar-refractivity contribution in [2.45, 2.75) is 13.5 Å². The van der Waals surface area contributed by atoms with E-state index in [0.29, 0.717) is 5.69 Å². The Morgan fingerprint density at radius 2 is 2.32 bits per heavy atom. The lowest BCUT2D eigenvalue weighted by molar-refractivity contribution is 0.104. The van der Waals surface area contributed by atoms with Crippen LogP contribution in [0, 0.1) is 0 Å². The summed E-state index contributed by atoms with van der Waals surface area (Å²) >= 11 is 2.68. The highest BCUT2D eigenvalue weighted by Gasteiger charge is 2.18. The van der Waals surface area contributed by atoms with E-state index in [-0.39, 0.29) is 11.6 Å². The summed E-state index contributed by atoms with van der Waals surface area (Å²) in [5, 5.41) is 0. The first-order valence-corrected chi connectivity index (χ1v) is 6.61. The van der Waals surface area contributed by atoms with Gasteiger partial charge in [-0.25, -0.2) is 18.8 Å². The summed E-state index contributed by atoms with van der Waals surface area (Å²) < 4.78 is 17.4. The molecule has 0 bridgehead atoms. The van der Waals surface area contributed by atoms with E-state index in [1.54, 1.807) is 24.4 Å². The van der Waals surface area contributed by atoms with Gasteiger partial charge in [-0.15, -0.1) is 0 Å². The van der Waals surface area contributed by atoms with E-state index in [2.05, 4.69) is 27.5 Å². The largest absolute Gasteiger partial charge is 0.447 e. The summed E-state index contributed by atoms with van der Waals surface area (Å²) in [5.74, 6) is 0. The molecule has 1 aromatic rings. The Balaban J connectivity index is 2.40. The quantitative estimate of drug-likeness (QED) is 0.659.